The molecule has 0 saturated carbocycles. The quantitative estimate of drug-likeness (QED) is 0.800. The molecule has 0 radical (unpaired) electrons. The highest BCUT2D eigenvalue weighted by Gasteiger charge is 2.33. The van der Waals surface area contributed by atoms with Crippen molar-refractivity contribution in [3.8, 4) is 0 Å². The van der Waals surface area contributed by atoms with Crippen molar-refractivity contribution in [3.63, 3.8) is 0 Å². The topological polar surface area (TPSA) is 74.7 Å². The molecule has 1 saturated heterocycles. The van der Waals surface area contributed by atoms with Crippen molar-refractivity contribution in [1.82, 2.24) is 4.90 Å². The number of carboxylic acid groups (broad SMARTS) is 1. The Morgan fingerprint density at radius 3 is 2.53 bits per heavy atom. The normalized spacial score (nSPS) is 25.7. The molecule has 19 heavy (non-hydrogen) atoms. The first-order valence-electron chi connectivity index (χ1n) is 6.96. The lowest BCUT2D eigenvalue weighted by Crippen LogP contribution is -2.49. The van der Waals surface area contributed by atoms with E-state index < -0.39 is 27.1 Å². The van der Waals surface area contributed by atoms with E-state index in [2.05, 4.69) is 6.92 Å². The minimum Gasteiger partial charge on any atom is -0.480 e. The summed E-state index contributed by atoms with van der Waals surface area (Å²) in [7, 11) is -3.10. The third-order valence-corrected chi connectivity index (χ3v) is 6.25. The van der Waals surface area contributed by atoms with Crippen molar-refractivity contribution in [2.45, 2.75) is 51.3 Å². The van der Waals surface area contributed by atoms with Gasteiger partial charge < -0.3 is 5.11 Å². The van der Waals surface area contributed by atoms with Gasteiger partial charge in [0, 0.05) is 6.54 Å². The van der Waals surface area contributed by atoms with Crippen molar-refractivity contribution < 1.29 is 18.3 Å². The third kappa shape index (κ3) is 4.45. The largest absolute Gasteiger partial charge is 0.480 e. The minimum absolute atomic E-state index is 0.0469. The van der Waals surface area contributed by atoms with E-state index in [1.165, 1.54) is 0 Å². The van der Waals surface area contributed by atoms with Crippen LogP contribution < -0.4 is 0 Å². The molecule has 1 N–H and O–H groups in total. The zero-order valence-electron chi connectivity index (χ0n) is 12.0. The van der Waals surface area contributed by atoms with E-state index >= 15 is 0 Å². The summed E-state index contributed by atoms with van der Waals surface area (Å²) < 4.78 is 23.6. The molecule has 6 heteroatoms. The molecule has 0 aromatic carbocycles. The number of piperidine rings is 1. The van der Waals surface area contributed by atoms with Crippen LogP contribution >= 0.6 is 0 Å². The van der Waals surface area contributed by atoms with Crippen LogP contribution in [0.5, 0.6) is 0 Å². The van der Waals surface area contributed by atoms with Crippen LogP contribution in [0.15, 0.2) is 0 Å². The summed E-state index contributed by atoms with van der Waals surface area (Å²) in [6.07, 6.45) is 2.58. The fourth-order valence-corrected chi connectivity index (χ4v) is 3.42. The van der Waals surface area contributed by atoms with Crippen molar-refractivity contribution in [1.29, 1.82) is 0 Å². The molecule has 2 atom stereocenters. The Hall–Kier alpha value is -0.620. The van der Waals surface area contributed by atoms with Gasteiger partial charge in [0.25, 0.3) is 0 Å². The Labute approximate surface area is 115 Å². The highest BCUT2D eigenvalue weighted by Crippen LogP contribution is 2.25. The minimum atomic E-state index is -3.10. The summed E-state index contributed by atoms with van der Waals surface area (Å²) >= 11 is 0. The number of nitrogens with zero attached hydrogens (tertiary/aromatic N) is 1. The maximum absolute atomic E-state index is 11.8. The van der Waals surface area contributed by atoms with E-state index in [1.807, 2.05) is 4.90 Å². The van der Waals surface area contributed by atoms with E-state index in [1.54, 1.807) is 13.8 Å². The Kier molecular flexibility index (Phi) is 5.80. The lowest BCUT2D eigenvalue weighted by molar-refractivity contribution is -0.145. The maximum Gasteiger partial charge on any atom is 0.320 e. The predicted molar refractivity (Wildman–Crippen MR) is 74.9 cm³/mol. The number of hydrogen-bond acceptors (Lipinski definition) is 4. The first-order valence-corrected chi connectivity index (χ1v) is 8.67. The number of sulfone groups is 1. The lowest BCUT2D eigenvalue weighted by atomic mass is 9.89. The van der Waals surface area contributed by atoms with Crippen LogP contribution in [-0.4, -0.2) is 54.5 Å². The zero-order chi connectivity index (χ0) is 14.6. The molecular formula is C13H25NO4S. The maximum atomic E-state index is 11.8. The van der Waals surface area contributed by atoms with Gasteiger partial charge in [-0.3, -0.25) is 9.69 Å². The summed E-state index contributed by atoms with van der Waals surface area (Å²) in [6, 6.07) is -0.527. The van der Waals surface area contributed by atoms with Gasteiger partial charge >= 0.3 is 5.97 Å². The van der Waals surface area contributed by atoms with Crippen LogP contribution in [0.2, 0.25) is 0 Å². The van der Waals surface area contributed by atoms with Gasteiger partial charge in [-0.15, -0.1) is 0 Å². The number of likely N-dealkylation sites (tertiary alicyclic amines) is 1. The molecule has 1 aliphatic heterocycles. The molecule has 1 fully saturated rings. The highest BCUT2D eigenvalue weighted by atomic mass is 32.2. The molecule has 1 heterocycles. The van der Waals surface area contributed by atoms with Crippen molar-refractivity contribution in [2.75, 3.05) is 18.8 Å². The second kappa shape index (κ2) is 6.70. The van der Waals surface area contributed by atoms with Gasteiger partial charge in [-0.2, -0.15) is 0 Å². The summed E-state index contributed by atoms with van der Waals surface area (Å²) in [5, 5.41) is 8.87. The van der Waals surface area contributed by atoms with Crippen LogP contribution in [0.1, 0.15) is 40.0 Å². The molecule has 5 nitrogen and oxygen atoms in total. The molecule has 0 amide bonds. The van der Waals surface area contributed by atoms with Crippen LogP contribution in [0.4, 0.5) is 0 Å². The van der Waals surface area contributed by atoms with Gasteiger partial charge in [0.2, 0.25) is 0 Å². The number of hydrogen-bond donors (Lipinski definition) is 1. The summed E-state index contributed by atoms with van der Waals surface area (Å²) in [5.74, 6) is -0.343. The van der Waals surface area contributed by atoms with Crippen LogP contribution in [0, 0.1) is 5.92 Å². The number of rotatable bonds is 6. The van der Waals surface area contributed by atoms with Gasteiger partial charge in [0.1, 0.15) is 6.04 Å². The zero-order valence-corrected chi connectivity index (χ0v) is 12.8. The van der Waals surface area contributed by atoms with Gasteiger partial charge in [0.05, 0.1) is 11.0 Å². The molecule has 1 aliphatic rings. The number of carbonyl (C=O) groups is 1. The molecule has 1 rings (SSSR count). The van der Waals surface area contributed by atoms with E-state index in [0.717, 1.165) is 12.8 Å². The van der Waals surface area contributed by atoms with Crippen molar-refractivity contribution in [3.05, 3.63) is 0 Å². The van der Waals surface area contributed by atoms with E-state index in [9.17, 15) is 18.3 Å². The van der Waals surface area contributed by atoms with Gasteiger partial charge in [-0.1, -0.05) is 13.3 Å². The highest BCUT2D eigenvalue weighted by molar-refractivity contribution is 7.92. The van der Waals surface area contributed by atoms with Crippen LogP contribution in [0.3, 0.4) is 0 Å². The molecule has 0 aromatic rings. The number of aliphatic carboxylic acids is 1. The first kappa shape index (κ1) is 16.4. The SMILES string of the molecule is CCC1CCN(CCS(=O)(=O)C(C)C)C(C(=O)O)C1. The second-order valence-corrected chi connectivity index (χ2v) is 8.28. The fourth-order valence-electron chi connectivity index (χ4n) is 2.46. The molecule has 0 spiro atoms. The van der Waals surface area contributed by atoms with Crippen LogP contribution in [-0.2, 0) is 14.6 Å². The predicted octanol–water partition coefficient (Wildman–Crippen LogP) is 1.38. The van der Waals surface area contributed by atoms with E-state index in [4.69, 9.17) is 0 Å². The molecule has 0 aliphatic carbocycles. The average Bonchev–Trinajstić information content (AvgIpc) is 2.35. The Morgan fingerprint density at radius 2 is 2.05 bits per heavy atom. The molecule has 0 aromatic heterocycles. The molecule has 0 bridgehead atoms. The van der Waals surface area contributed by atoms with Gasteiger partial charge in [0.15, 0.2) is 9.84 Å². The third-order valence-electron chi connectivity index (χ3n) is 4.07. The van der Waals surface area contributed by atoms with Crippen molar-refractivity contribution in [2.24, 2.45) is 5.92 Å². The lowest BCUT2D eigenvalue weighted by Gasteiger charge is -2.36. The molecule has 112 valence electrons. The average molecular weight is 291 g/mol. The molecule has 2 unspecified atom stereocenters. The van der Waals surface area contributed by atoms with E-state index in [0.29, 0.717) is 25.4 Å². The standard InChI is InChI=1S/C13H25NO4S/c1-4-11-5-6-14(12(9-11)13(15)16)7-8-19(17,18)10(2)3/h10-12H,4-9H2,1-3H3,(H,15,16). The second-order valence-electron chi connectivity index (χ2n) is 5.60. The first-order chi connectivity index (χ1) is 8.77. The summed E-state index contributed by atoms with van der Waals surface area (Å²) in [6.45, 7) is 6.40. The Balaban J connectivity index is 2.64. The van der Waals surface area contributed by atoms with E-state index in [-0.39, 0.29) is 5.75 Å². The van der Waals surface area contributed by atoms with Crippen LogP contribution in [0.25, 0.3) is 0 Å². The summed E-state index contributed by atoms with van der Waals surface area (Å²) in [5.41, 5.74) is 0. The van der Waals surface area contributed by atoms with Gasteiger partial charge in [-0.25, -0.2) is 8.42 Å². The smallest absolute Gasteiger partial charge is 0.320 e. The summed E-state index contributed by atoms with van der Waals surface area (Å²) in [4.78, 5) is 13.1. The number of carboxylic acids is 1. The Morgan fingerprint density at radius 1 is 1.42 bits per heavy atom. The Bertz CT molecular complexity index is 405. The monoisotopic (exact) mass is 291 g/mol. The fraction of sp³-hybridized carbons (Fsp3) is 0.923. The van der Waals surface area contributed by atoms with Crippen molar-refractivity contribution >= 4 is 15.8 Å². The molecular weight excluding hydrogens is 266 g/mol. The van der Waals surface area contributed by atoms with Gasteiger partial charge in [-0.05, 0) is 39.2 Å².